The Morgan fingerprint density at radius 3 is 2.56 bits per heavy atom. The highest BCUT2D eigenvalue weighted by Gasteiger charge is 2.02. The molecule has 2 nitrogen and oxygen atoms in total. The van der Waals surface area contributed by atoms with Crippen molar-refractivity contribution in [3.05, 3.63) is 0 Å². The van der Waals surface area contributed by atoms with Gasteiger partial charge in [-0.25, -0.2) is 0 Å². The van der Waals surface area contributed by atoms with E-state index in [0.717, 1.165) is 32.4 Å². The molecule has 0 spiro atoms. The zero-order chi connectivity index (χ0) is 12.1. The van der Waals surface area contributed by atoms with Gasteiger partial charge in [0.25, 0.3) is 0 Å². The zero-order valence-corrected chi connectivity index (χ0v) is 10.4. The van der Waals surface area contributed by atoms with E-state index in [1.54, 1.807) is 0 Å². The fourth-order valence-electron chi connectivity index (χ4n) is 1.46. The van der Waals surface area contributed by atoms with Gasteiger partial charge in [-0.05, 0) is 38.8 Å². The summed E-state index contributed by atoms with van der Waals surface area (Å²) in [5.41, 5.74) is 0. The Hall–Kier alpha value is -0.960. The summed E-state index contributed by atoms with van der Waals surface area (Å²) in [4.78, 5) is 0. The molecule has 0 aromatic carbocycles. The van der Waals surface area contributed by atoms with Crippen LogP contribution in [0.1, 0.15) is 39.0 Å². The Morgan fingerprint density at radius 2 is 1.94 bits per heavy atom. The van der Waals surface area contributed by atoms with E-state index in [2.05, 4.69) is 29.4 Å². The van der Waals surface area contributed by atoms with Crippen molar-refractivity contribution in [3.8, 4) is 24.7 Å². The van der Waals surface area contributed by atoms with E-state index >= 15 is 0 Å². The molecule has 1 unspecified atom stereocenters. The molecule has 1 atom stereocenters. The zero-order valence-electron chi connectivity index (χ0n) is 10.4. The van der Waals surface area contributed by atoms with Crippen LogP contribution >= 0.6 is 0 Å². The van der Waals surface area contributed by atoms with E-state index in [0.29, 0.717) is 6.54 Å². The van der Waals surface area contributed by atoms with Gasteiger partial charge in [-0.3, -0.25) is 0 Å². The van der Waals surface area contributed by atoms with Crippen LogP contribution in [0.25, 0.3) is 0 Å². The molecule has 0 aromatic rings. The summed E-state index contributed by atoms with van der Waals surface area (Å²) in [6.07, 6.45) is 16.3. The molecule has 0 bridgehead atoms. The van der Waals surface area contributed by atoms with Crippen LogP contribution in [0, 0.1) is 24.7 Å². The Labute approximate surface area is 101 Å². The van der Waals surface area contributed by atoms with Gasteiger partial charge in [0.2, 0.25) is 0 Å². The topological polar surface area (TPSA) is 24.1 Å². The molecule has 0 saturated carbocycles. The minimum absolute atomic E-state index is 0.235. The second kappa shape index (κ2) is 12.1. The summed E-state index contributed by atoms with van der Waals surface area (Å²) in [7, 11) is 0. The summed E-state index contributed by atoms with van der Waals surface area (Å²) in [5, 5.41) is 6.55. The molecule has 0 aliphatic carbocycles. The number of nitrogens with one attached hydrogen (secondary N) is 2. The Balaban J connectivity index is 3.35. The third kappa shape index (κ3) is 9.59. The number of terminal acetylenes is 2. The second-order valence-electron chi connectivity index (χ2n) is 3.90. The van der Waals surface area contributed by atoms with Crippen LogP contribution in [0.15, 0.2) is 0 Å². The van der Waals surface area contributed by atoms with Crippen LogP contribution in [-0.2, 0) is 0 Å². The molecule has 0 saturated heterocycles. The molecule has 90 valence electrons. The maximum atomic E-state index is 5.46. The number of hydrogen-bond donors (Lipinski definition) is 2. The van der Waals surface area contributed by atoms with Gasteiger partial charge in [0.15, 0.2) is 0 Å². The highest BCUT2D eigenvalue weighted by Crippen LogP contribution is 2.00. The van der Waals surface area contributed by atoms with Crippen LogP contribution in [0.5, 0.6) is 0 Å². The molecule has 0 rings (SSSR count). The molecule has 2 heteroatoms. The minimum atomic E-state index is 0.235. The molecular formula is C14H24N2. The molecule has 0 heterocycles. The molecular weight excluding hydrogens is 196 g/mol. The predicted molar refractivity (Wildman–Crippen MR) is 71.1 cm³/mol. The van der Waals surface area contributed by atoms with Crippen molar-refractivity contribution in [2.24, 2.45) is 0 Å². The fraction of sp³-hybridized carbons (Fsp3) is 0.714. The van der Waals surface area contributed by atoms with E-state index in [1.807, 2.05) is 0 Å². The summed E-state index contributed by atoms with van der Waals surface area (Å²) in [5.74, 6) is 5.36. The second-order valence-corrected chi connectivity index (χ2v) is 3.90. The van der Waals surface area contributed by atoms with Crippen LogP contribution in [0.3, 0.4) is 0 Å². The SMILES string of the molecule is C#CCNCCCCC(C#C)NCCCC. The minimum Gasteiger partial charge on any atom is -0.306 e. The lowest BCUT2D eigenvalue weighted by molar-refractivity contribution is 0.520. The number of rotatable bonds is 10. The van der Waals surface area contributed by atoms with Crippen molar-refractivity contribution in [2.45, 2.75) is 45.1 Å². The Kier molecular flexibility index (Phi) is 11.4. The Morgan fingerprint density at radius 1 is 1.12 bits per heavy atom. The first-order valence-electron chi connectivity index (χ1n) is 6.18. The van der Waals surface area contributed by atoms with E-state index in [9.17, 15) is 0 Å². The van der Waals surface area contributed by atoms with E-state index in [1.165, 1.54) is 12.8 Å². The largest absolute Gasteiger partial charge is 0.306 e. The van der Waals surface area contributed by atoms with Crippen molar-refractivity contribution in [3.63, 3.8) is 0 Å². The molecule has 0 amide bonds. The van der Waals surface area contributed by atoms with Crippen LogP contribution in [-0.4, -0.2) is 25.7 Å². The molecule has 16 heavy (non-hydrogen) atoms. The van der Waals surface area contributed by atoms with Gasteiger partial charge < -0.3 is 10.6 Å². The standard InChI is InChI=1S/C14H24N2/c1-4-7-13-16-14(6-3)10-8-9-12-15-11-5-2/h2-3,14-16H,4,7-13H2,1H3. The normalized spacial score (nSPS) is 11.7. The number of hydrogen-bond acceptors (Lipinski definition) is 2. The van der Waals surface area contributed by atoms with Gasteiger partial charge in [-0.15, -0.1) is 12.8 Å². The monoisotopic (exact) mass is 220 g/mol. The summed E-state index contributed by atoms with van der Waals surface area (Å²) >= 11 is 0. The van der Waals surface area contributed by atoms with Crippen molar-refractivity contribution in [1.82, 2.24) is 10.6 Å². The highest BCUT2D eigenvalue weighted by atomic mass is 14.9. The van der Waals surface area contributed by atoms with Crippen LogP contribution in [0.4, 0.5) is 0 Å². The van der Waals surface area contributed by atoms with Crippen LogP contribution < -0.4 is 10.6 Å². The van der Waals surface area contributed by atoms with Crippen molar-refractivity contribution in [1.29, 1.82) is 0 Å². The van der Waals surface area contributed by atoms with E-state index in [4.69, 9.17) is 12.8 Å². The Bertz CT molecular complexity index is 222. The summed E-state index contributed by atoms with van der Waals surface area (Å²) in [6, 6.07) is 0.235. The quantitative estimate of drug-likeness (QED) is 0.433. The smallest absolute Gasteiger partial charge is 0.0686 e. The van der Waals surface area contributed by atoms with Gasteiger partial charge >= 0.3 is 0 Å². The van der Waals surface area contributed by atoms with Crippen molar-refractivity contribution >= 4 is 0 Å². The van der Waals surface area contributed by atoms with Gasteiger partial charge in [0.1, 0.15) is 0 Å². The molecule has 0 aliphatic heterocycles. The maximum absolute atomic E-state index is 5.46. The summed E-state index contributed by atoms with van der Waals surface area (Å²) in [6.45, 7) is 4.86. The average molecular weight is 220 g/mol. The first kappa shape index (κ1) is 15.0. The molecule has 0 fully saturated rings. The summed E-state index contributed by atoms with van der Waals surface area (Å²) < 4.78 is 0. The van der Waals surface area contributed by atoms with Crippen LogP contribution in [0.2, 0.25) is 0 Å². The lowest BCUT2D eigenvalue weighted by atomic mass is 10.1. The first-order valence-corrected chi connectivity index (χ1v) is 6.18. The van der Waals surface area contributed by atoms with Gasteiger partial charge in [0.05, 0.1) is 12.6 Å². The number of unbranched alkanes of at least 4 members (excludes halogenated alkanes) is 2. The third-order valence-electron chi connectivity index (χ3n) is 2.45. The van der Waals surface area contributed by atoms with Gasteiger partial charge in [-0.2, -0.15) is 0 Å². The average Bonchev–Trinajstić information content (AvgIpc) is 2.31. The highest BCUT2D eigenvalue weighted by molar-refractivity contribution is 4.98. The van der Waals surface area contributed by atoms with E-state index in [-0.39, 0.29) is 6.04 Å². The van der Waals surface area contributed by atoms with Crippen molar-refractivity contribution < 1.29 is 0 Å². The van der Waals surface area contributed by atoms with Gasteiger partial charge in [0, 0.05) is 0 Å². The molecule has 0 aromatic heterocycles. The molecule has 2 N–H and O–H groups in total. The van der Waals surface area contributed by atoms with Crippen molar-refractivity contribution in [2.75, 3.05) is 19.6 Å². The predicted octanol–water partition coefficient (Wildman–Crippen LogP) is 1.77. The molecule has 0 aliphatic rings. The van der Waals surface area contributed by atoms with Gasteiger partial charge in [-0.1, -0.05) is 25.2 Å². The first-order chi connectivity index (χ1) is 7.85. The fourth-order valence-corrected chi connectivity index (χ4v) is 1.46. The maximum Gasteiger partial charge on any atom is 0.0686 e. The molecule has 0 radical (unpaired) electrons. The lowest BCUT2D eigenvalue weighted by Gasteiger charge is -2.12. The third-order valence-corrected chi connectivity index (χ3v) is 2.45. The lowest BCUT2D eigenvalue weighted by Crippen LogP contribution is -2.28. The van der Waals surface area contributed by atoms with E-state index < -0.39 is 0 Å².